The van der Waals surface area contributed by atoms with Crippen molar-refractivity contribution in [2.24, 2.45) is 11.8 Å². The van der Waals surface area contributed by atoms with Crippen LogP contribution in [0.15, 0.2) is 0 Å². The lowest BCUT2D eigenvalue weighted by atomic mass is 10.1. The second kappa shape index (κ2) is 6.18. The summed E-state index contributed by atoms with van der Waals surface area (Å²) in [7, 11) is -2.90. The Hall–Kier alpha value is -1.11. The summed E-state index contributed by atoms with van der Waals surface area (Å²) >= 11 is 0. The Bertz CT molecular complexity index is 554. The minimum Gasteiger partial charge on any atom is -0.355 e. The van der Waals surface area contributed by atoms with Gasteiger partial charge >= 0.3 is 0 Å². The number of sulfone groups is 1. The van der Waals surface area contributed by atoms with Gasteiger partial charge in [0.2, 0.25) is 11.8 Å². The van der Waals surface area contributed by atoms with Crippen molar-refractivity contribution in [1.29, 1.82) is 0 Å². The maximum Gasteiger partial charge on any atom is 0.225 e. The molecular formula is C15H24N2O4S. The third kappa shape index (κ3) is 3.45. The molecule has 2 saturated heterocycles. The third-order valence-electron chi connectivity index (χ3n) is 5.19. The van der Waals surface area contributed by atoms with Gasteiger partial charge in [0.05, 0.1) is 17.4 Å². The molecular weight excluding hydrogens is 304 g/mol. The van der Waals surface area contributed by atoms with Crippen LogP contribution in [0.4, 0.5) is 0 Å². The van der Waals surface area contributed by atoms with Gasteiger partial charge in [-0.05, 0) is 25.2 Å². The van der Waals surface area contributed by atoms with Crippen LogP contribution in [0.2, 0.25) is 0 Å². The molecule has 0 aromatic rings. The van der Waals surface area contributed by atoms with Gasteiger partial charge in [-0.15, -0.1) is 0 Å². The van der Waals surface area contributed by atoms with Gasteiger partial charge in [-0.2, -0.15) is 0 Å². The van der Waals surface area contributed by atoms with E-state index < -0.39 is 9.84 Å². The predicted molar refractivity (Wildman–Crippen MR) is 81.8 cm³/mol. The third-order valence-corrected chi connectivity index (χ3v) is 7.02. The lowest BCUT2D eigenvalue weighted by Gasteiger charge is -2.24. The SMILES string of the molecule is O=C(NC[C@H]1CCS(=O)(=O)C1)[C@H]1CC(=O)N(C2CCCC2)C1. The molecule has 6 nitrogen and oxygen atoms in total. The second-order valence-electron chi connectivity index (χ2n) is 6.90. The van der Waals surface area contributed by atoms with Crippen LogP contribution in [0.25, 0.3) is 0 Å². The Morgan fingerprint density at radius 3 is 2.59 bits per heavy atom. The van der Waals surface area contributed by atoms with E-state index in [1.54, 1.807) is 0 Å². The van der Waals surface area contributed by atoms with Crippen molar-refractivity contribution in [1.82, 2.24) is 10.2 Å². The molecule has 2 atom stereocenters. The van der Waals surface area contributed by atoms with Crippen LogP contribution in [0.1, 0.15) is 38.5 Å². The Kier molecular flexibility index (Phi) is 4.43. The highest BCUT2D eigenvalue weighted by Gasteiger charge is 2.39. The normalized spacial score (nSPS) is 31.8. The predicted octanol–water partition coefficient (Wildman–Crippen LogP) is 0.328. The highest BCUT2D eigenvalue weighted by atomic mass is 32.2. The summed E-state index contributed by atoms with van der Waals surface area (Å²) in [5, 5.41) is 2.85. The van der Waals surface area contributed by atoms with Crippen molar-refractivity contribution in [3.63, 3.8) is 0 Å². The zero-order valence-corrected chi connectivity index (χ0v) is 13.6. The van der Waals surface area contributed by atoms with Gasteiger partial charge in [0, 0.05) is 25.6 Å². The molecule has 1 saturated carbocycles. The van der Waals surface area contributed by atoms with E-state index in [0.29, 0.717) is 32.0 Å². The molecule has 0 radical (unpaired) electrons. The molecule has 0 aromatic carbocycles. The van der Waals surface area contributed by atoms with Crippen LogP contribution in [-0.2, 0) is 19.4 Å². The van der Waals surface area contributed by atoms with E-state index in [1.807, 2.05) is 4.90 Å². The van der Waals surface area contributed by atoms with Crippen molar-refractivity contribution >= 4 is 21.7 Å². The minimum absolute atomic E-state index is 0.0250. The topological polar surface area (TPSA) is 83.5 Å². The van der Waals surface area contributed by atoms with Crippen molar-refractivity contribution in [2.45, 2.75) is 44.6 Å². The number of nitrogens with one attached hydrogen (secondary N) is 1. The van der Waals surface area contributed by atoms with E-state index in [4.69, 9.17) is 0 Å². The lowest BCUT2D eigenvalue weighted by Crippen LogP contribution is -2.38. The smallest absolute Gasteiger partial charge is 0.225 e. The average molecular weight is 328 g/mol. The molecule has 0 aromatic heterocycles. The number of amides is 2. The van der Waals surface area contributed by atoms with Crippen LogP contribution in [-0.4, -0.2) is 55.8 Å². The molecule has 2 heterocycles. The Balaban J connectivity index is 1.48. The van der Waals surface area contributed by atoms with Gasteiger partial charge < -0.3 is 10.2 Å². The van der Waals surface area contributed by atoms with Gasteiger partial charge in [0.25, 0.3) is 0 Å². The summed E-state index contributed by atoms with van der Waals surface area (Å²) < 4.78 is 22.8. The van der Waals surface area contributed by atoms with Gasteiger partial charge in [-0.1, -0.05) is 12.8 Å². The first-order valence-corrected chi connectivity index (χ1v) is 10.0. The van der Waals surface area contributed by atoms with Crippen LogP contribution < -0.4 is 5.32 Å². The standard InChI is InChI=1S/C15H24N2O4S/c18-14-7-12(9-17(14)13-3-1-2-4-13)15(19)16-8-11-5-6-22(20,21)10-11/h11-13H,1-10H2,(H,16,19)/t11-,12+/m1/s1. The number of carbonyl (C=O) groups excluding carboxylic acids is 2. The molecule has 7 heteroatoms. The fourth-order valence-electron chi connectivity index (χ4n) is 3.90. The first kappa shape index (κ1) is 15.8. The number of rotatable bonds is 4. The molecule has 0 bridgehead atoms. The average Bonchev–Trinajstić information content (AvgIpc) is 3.16. The molecule has 0 unspecified atom stereocenters. The Morgan fingerprint density at radius 2 is 1.95 bits per heavy atom. The molecule has 22 heavy (non-hydrogen) atoms. The number of likely N-dealkylation sites (tertiary alicyclic amines) is 1. The Labute approximate surface area is 131 Å². The molecule has 2 amide bonds. The van der Waals surface area contributed by atoms with Gasteiger partial charge in [-0.25, -0.2) is 8.42 Å². The van der Waals surface area contributed by atoms with Crippen LogP contribution in [0.5, 0.6) is 0 Å². The zero-order valence-electron chi connectivity index (χ0n) is 12.8. The van der Waals surface area contributed by atoms with Gasteiger partial charge in [0.1, 0.15) is 0 Å². The van der Waals surface area contributed by atoms with Gasteiger partial charge in [-0.3, -0.25) is 9.59 Å². The molecule has 3 fully saturated rings. The number of carbonyl (C=O) groups is 2. The van der Waals surface area contributed by atoms with Crippen molar-refractivity contribution in [3.8, 4) is 0 Å². The van der Waals surface area contributed by atoms with Gasteiger partial charge in [0.15, 0.2) is 9.84 Å². The largest absolute Gasteiger partial charge is 0.355 e. The first-order valence-electron chi connectivity index (χ1n) is 8.22. The lowest BCUT2D eigenvalue weighted by molar-refractivity contribution is -0.130. The summed E-state index contributed by atoms with van der Waals surface area (Å²) in [5.41, 5.74) is 0. The first-order chi connectivity index (χ1) is 10.4. The maximum atomic E-state index is 12.2. The van der Waals surface area contributed by atoms with E-state index >= 15 is 0 Å². The monoisotopic (exact) mass is 328 g/mol. The van der Waals surface area contributed by atoms with E-state index in [9.17, 15) is 18.0 Å². The van der Waals surface area contributed by atoms with E-state index in [0.717, 1.165) is 12.8 Å². The van der Waals surface area contributed by atoms with Crippen LogP contribution in [0, 0.1) is 11.8 Å². The number of hydrogen-bond donors (Lipinski definition) is 1. The molecule has 1 aliphatic carbocycles. The molecule has 1 N–H and O–H groups in total. The zero-order chi connectivity index (χ0) is 15.7. The van der Waals surface area contributed by atoms with Crippen molar-refractivity contribution in [3.05, 3.63) is 0 Å². The highest BCUT2D eigenvalue weighted by Crippen LogP contribution is 2.29. The van der Waals surface area contributed by atoms with E-state index in [-0.39, 0.29) is 35.2 Å². The summed E-state index contributed by atoms with van der Waals surface area (Å²) in [4.78, 5) is 26.2. The minimum atomic E-state index is -2.90. The summed E-state index contributed by atoms with van der Waals surface area (Å²) in [6.07, 6.45) is 5.37. The summed E-state index contributed by atoms with van der Waals surface area (Å²) in [5.74, 6) is 0.146. The fourth-order valence-corrected chi connectivity index (χ4v) is 5.76. The molecule has 2 aliphatic heterocycles. The van der Waals surface area contributed by atoms with E-state index in [2.05, 4.69) is 5.32 Å². The second-order valence-corrected chi connectivity index (χ2v) is 9.13. The van der Waals surface area contributed by atoms with Crippen molar-refractivity contribution in [2.75, 3.05) is 24.6 Å². The van der Waals surface area contributed by atoms with Crippen LogP contribution in [0.3, 0.4) is 0 Å². The Morgan fingerprint density at radius 1 is 1.23 bits per heavy atom. The van der Waals surface area contributed by atoms with Crippen molar-refractivity contribution < 1.29 is 18.0 Å². The van der Waals surface area contributed by atoms with Crippen LogP contribution >= 0.6 is 0 Å². The summed E-state index contributed by atoms with van der Waals surface area (Å²) in [6.45, 7) is 0.935. The quantitative estimate of drug-likeness (QED) is 0.806. The summed E-state index contributed by atoms with van der Waals surface area (Å²) in [6, 6.07) is 0.324. The van der Waals surface area contributed by atoms with E-state index in [1.165, 1.54) is 12.8 Å². The maximum absolute atomic E-state index is 12.2. The molecule has 0 spiro atoms. The molecule has 124 valence electrons. The highest BCUT2D eigenvalue weighted by molar-refractivity contribution is 7.91. The molecule has 3 rings (SSSR count). The number of nitrogens with zero attached hydrogens (tertiary/aromatic N) is 1. The number of hydrogen-bond acceptors (Lipinski definition) is 4. The fraction of sp³-hybridized carbons (Fsp3) is 0.867. The molecule has 3 aliphatic rings.